The van der Waals surface area contributed by atoms with E-state index in [1.165, 1.54) is 31.3 Å². The molecule has 0 aromatic carbocycles. The molecule has 12 nitrogen and oxygen atoms in total. The van der Waals surface area contributed by atoms with Crippen LogP contribution in [0.2, 0.25) is 0 Å². The summed E-state index contributed by atoms with van der Waals surface area (Å²) in [5, 5.41) is 4.34. The standard InChI is InChI=1S/C60H98N2O10S/c1-14-15-16-17-42(4)40-71-53(63)46-38-47(55(46,6)7)54(64)72-51-22-23-57(10)49(56(51,8)9)21-24-59(12)50(57)19-18-45-52-44(41(2)3)20-25-60(52,27-26-58(45,59)11)61-39-48(62-28-36-73(65,66)37-29-62)43(5)70-35-34-69-33-32-68-31-30-67-13/h14-17,43-52,61H,1-2,18-40H2,3-13H3/b16-15-,42-17+/t43-,44+,45-,46+,47-,48-,49+,50-,51+,52-,57+,58-,59-,60+/m1/s1. The summed E-state index contributed by atoms with van der Waals surface area (Å²) in [6, 6.07) is 0.0233. The summed E-state index contributed by atoms with van der Waals surface area (Å²) in [7, 11) is -1.38. The van der Waals surface area contributed by atoms with E-state index in [1.807, 2.05) is 39.0 Å². The smallest absolute Gasteiger partial charge is 0.309 e. The highest BCUT2D eigenvalue weighted by Crippen LogP contribution is 2.76. The SMILES string of the molecule is C=C/C=C\C=C(/C)COC(=O)[C@@H]1C[C@H](C(=O)O[C@H]2CC[C@]3(C)[C@H]4CC[C@@H]5[C@H]6[C@H](C(=C)C)CC[C@]6(NC[C@H]([C@@H](C)OCCOCCOCCOC)N6CCS(=O)(=O)CC6)CC[C@@]5(C)[C@]4(C)CC[C@H]3C2(C)C)C1(C)C. The normalized spacial score (nSPS) is 38.4. The lowest BCUT2D eigenvalue weighted by Gasteiger charge is -2.73. The molecular weight excluding hydrogens is 941 g/mol. The lowest BCUT2D eigenvalue weighted by Crippen LogP contribution is -2.69. The number of nitrogens with zero attached hydrogens (tertiary/aromatic N) is 1. The molecule has 0 amide bonds. The Hall–Kier alpha value is -2.39. The predicted molar refractivity (Wildman–Crippen MR) is 290 cm³/mol. The van der Waals surface area contributed by atoms with Crippen LogP contribution in [0.5, 0.6) is 0 Å². The van der Waals surface area contributed by atoms with Crippen LogP contribution in [0.3, 0.4) is 0 Å². The van der Waals surface area contributed by atoms with Crippen molar-refractivity contribution >= 4 is 21.8 Å². The first-order chi connectivity index (χ1) is 34.4. The summed E-state index contributed by atoms with van der Waals surface area (Å²) in [4.78, 5) is 29.8. The first kappa shape index (κ1) is 58.3. The molecule has 0 unspecified atom stereocenters. The van der Waals surface area contributed by atoms with Crippen LogP contribution in [-0.4, -0.2) is 134 Å². The van der Waals surface area contributed by atoms with Crippen molar-refractivity contribution in [1.29, 1.82) is 0 Å². The van der Waals surface area contributed by atoms with Gasteiger partial charge in [-0.2, -0.15) is 0 Å². The van der Waals surface area contributed by atoms with Gasteiger partial charge in [0.1, 0.15) is 12.7 Å². The molecule has 7 aliphatic rings. The molecule has 13 heteroatoms. The molecule has 0 aromatic heterocycles. The van der Waals surface area contributed by atoms with Crippen molar-refractivity contribution in [2.45, 2.75) is 164 Å². The second-order valence-corrected chi connectivity index (χ2v) is 28.3. The quantitative estimate of drug-likeness (QED) is 0.0451. The van der Waals surface area contributed by atoms with Gasteiger partial charge in [-0.3, -0.25) is 14.5 Å². The topological polar surface area (TPSA) is 139 Å². The van der Waals surface area contributed by atoms with Crippen molar-refractivity contribution in [2.75, 3.05) is 84.5 Å². The molecule has 0 spiro atoms. The summed E-state index contributed by atoms with van der Waals surface area (Å²) in [6.07, 6.45) is 18.7. The van der Waals surface area contributed by atoms with Crippen LogP contribution in [0.1, 0.15) is 140 Å². The van der Waals surface area contributed by atoms with E-state index in [2.05, 4.69) is 71.8 Å². The number of ether oxygens (including phenoxy) is 6. The van der Waals surface area contributed by atoms with Gasteiger partial charge < -0.3 is 33.7 Å². The predicted octanol–water partition coefficient (Wildman–Crippen LogP) is 9.98. The molecule has 0 aromatic rings. The molecule has 1 N–H and O–H groups in total. The summed E-state index contributed by atoms with van der Waals surface area (Å²) in [5.74, 6) is 1.77. The van der Waals surface area contributed by atoms with Crippen LogP contribution in [-0.2, 0) is 47.8 Å². The Kier molecular flexibility index (Phi) is 18.6. The Labute approximate surface area is 441 Å². The Bertz CT molecular complexity index is 2120. The second kappa shape index (κ2) is 23.3. The van der Waals surface area contributed by atoms with E-state index >= 15 is 0 Å². The summed E-state index contributed by atoms with van der Waals surface area (Å²) in [5.41, 5.74) is 1.93. The highest BCUT2D eigenvalue weighted by Gasteiger charge is 2.71. The molecule has 1 heterocycles. The minimum atomic E-state index is -3.05. The Morgan fingerprint density at radius 3 is 2.10 bits per heavy atom. The van der Waals surface area contributed by atoms with Crippen molar-refractivity contribution in [3.8, 4) is 0 Å². The van der Waals surface area contributed by atoms with E-state index in [4.69, 9.17) is 28.4 Å². The average molecular weight is 1040 g/mol. The van der Waals surface area contributed by atoms with Crippen LogP contribution < -0.4 is 5.32 Å². The maximum absolute atomic E-state index is 14.2. The Morgan fingerprint density at radius 1 is 0.767 bits per heavy atom. The van der Waals surface area contributed by atoms with Gasteiger partial charge in [0.15, 0.2) is 9.84 Å². The van der Waals surface area contributed by atoms with Crippen LogP contribution >= 0.6 is 0 Å². The molecule has 1 saturated heterocycles. The van der Waals surface area contributed by atoms with E-state index in [-0.39, 0.29) is 87.3 Å². The molecule has 1 aliphatic heterocycles. The maximum atomic E-state index is 14.2. The molecule has 414 valence electrons. The number of esters is 2. The maximum Gasteiger partial charge on any atom is 0.309 e. The van der Waals surface area contributed by atoms with E-state index < -0.39 is 15.3 Å². The molecule has 0 radical (unpaired) electrons. The number of hydrogen-bond acceptors (Lipinski definition) is 12. The third-order valence-electron chi connectivity index (χ3n) is 21.6. The number of carbonyl (C=O) groups excluding carboxylic acids is 2. The summed E-state index contributed by atoms with van der Waals surface area (Å²) >= 11 is 0. The van der Waals surface area contributed by atoms with E-state index in [0.717, 1.165) is 50.6 Å². The number of nitrogens with one attached hydrogen (secondary N) is 1. The van der Waals surface area contributed by atoms with Crippen LogP contribution in [0.4, 0.5) is 0 Å². The van der Waals surface area contributed by atoms with Gasteiger partial charge in [0.05, 0.1) is 69.1 Å². The number of rotatable bonds is 23. The number of fused-ring (bicyclic) bond motifs is 7. The van der Waals surface area contributed by atoms with Crippen molar-refractivity contribution in [1.82, 2.24) is 10.2 Å². The van der Waals surface area contributed by atoms with Crippen LogP contribution in [0.15, 0.2) is 48.6 Å². The number of allylic oxidation sites excluding steroid dienone is 5. The third-order valence-corrected chi connectivity index (χ3v) is 23.2. The monoisotopic (exact) mass is 1040 g/mol. The number of methoxy groups -OCH3 is 1. The van der Waals surface area contributed by atoms with Crippen molar-refractivity contribution in [3.63, 3.8) is 0 Å². The largest absolute Gasteiger partial charge is 0.462 e. The molecule has 7 fully saturated rings. The molecule has 73 heavy (non-hydrogen) atoms. The van der Waals surface area contributed by atoms with Gasteiger partial charge in [-0.1, -0.05) is 91.5 Å². The molecule has 6 saturated carbocycles. The van der Waals surface area contributed by atoms with Gasteiger partial charge in [0, 0.05) is 43.7 Å². The van der Waals surface area contributed by atoms with Crippen molar-refractivity contribution in [3.05, 3.63) is 48.6 Å². The number of carbonyl (C=O) groups is 2. The van der Waals surface area contributed by atoms with E-state index in [9.17, 15) is 18.0 Å². The highest BCUT2D eigenvalue weighted by molar-refractivity contribution is 7.91. The molecular formula is C60H98N2O10S. The van der Waals surface area contributed by atoms with E-state index in [0.29, 0.717) is 88.7 Å². The first-order valence-electron chi connectivity index (χ1n) is 28.4. The lowest BCUT2D eigenvalue weighted by molar-refractivity contribution is -0.248. The average Bonchev–Trinajstić information content (AvgIpc) is 3.72. The Balaban J connectivity index is 1.02. The Morgan fingerprint density at radius 2 is 1.44 bits per heavy atom. The zero-order valence-corrected chi connectivity index (χ0v) is 48.0. The third kappa shape index (κ3) is 11.6. The zero-order valence-electron chi connectivity index (χ0n) is 47.2. The second-order valence-electron chi connectivity index (χ2n) is 26.0. The van der Waals surface area contributed by atoms with Crippen LogP contribution in [0, 0.1) is 68.5 Å². The van der Waals surface area contributed by atoms with E-state index in [1.54, 1.807) is 13.2 Å². The van der Waals surface area contributed by atoms with Crippen LogP contribution in [0.25, 0.3) is 0 Å². The molecule has 0 bridgehead atoms. The minimum Gasteiger partial charge on any atom is -0.462 e. The van der Waals surface area contributed by atoms with Gasteiger partial charge in [0.2, 0.25) is 0 Å². The van der Waals surface area contributed by atoms with Gasteiger partial charge in [-0.05, 0) is 148 Å². The lowest BCUT2D eigenvalue weighted by atomic mass is 9.32. The molecule has 7 rings (SSSR count). The fraction of sp³-hybridized carbons (Fsp3) is 0.833. The zero-order chi connectivity index (χ0) is 53.2. The fourth-order valence-corrected chi connectivity index (χ4v) is 18.3. The first-order valence-corrected chi connectivity index (χ1v) is 30.2. The number of sulfone groups is 1. The molecule has 6 aliphatic carbocycles. The van der Waals surface area contributed by atoms with Crippen molar-refractivity contribution < 1.29 is 46.4 Å². The van der Waals surface area contributed by atoms with Crippen molar-refractivity contribution in [2.24, 2.45) is 68.5 Å². The van der Waals surface area contributed by atoms with Gasteiger partial charge in [-0.25, -0.2) is 8.42 Å². The summed E-state index contributed by atoms with van der Waals surface area (Å²) in [6.45, 7) is 36.6. The van der Waals surface area contributed by atoms with Gasteiger partial charge in [-0.15, -0.1) is 0 Å². The van der Waals surface area contributed by atoms with Gasteiger partial charge >= 0.3 is 11.9 Å². The van der Waals surface area contributed by atoms with Gasteiger partial charge in [0.25, 0.3) is 0 Å². The minimum absolute atomic E-state index is 0.0233. The highest BCUT2D eigenvalue weighted by atomic mass is 32.2. The molecule has 14 atom stereocenters. The fourth-order valence-electron chi connectivity index (χ4n) is 17.0. The summed E-state index contributed by atoms with van der Waals surface area (Å²) < 4.78 is 60.6. The number of hydrogen-bond donors (Lipinski definition) is 1.